The van der Waals surface area contributed by atoms with Gasteiger partial charge in [0.15, 0.2) is 0 Å². The first-order valence-electron chi connectivity index (χ1n) is 14.8. The van der Waals surface area contributed by atoms with Crippen molar-refractivity contribution in [3.63, 3.8) is 0 Å². The van der Waals surface area contributed by atoms with Gasteiger partial charge in [0.25, 0.3) is 0 Å². The maximum absolute atomic E-state index is 11.1. The van der Waals surface area contributed by atoms with Crippen LogP contribution in [0.3, 0.4) is 0 Å². The second kappa shape index (κ2) is 24.3. The second-order valence-corrected chi connectivity index (χ2v) is 14.6. The molecule has 2 aromatic heterocycles. The van der Waals surface area contributed by atoms with Crippen molar-refractivity contribution in [3.05, 3.63) is 47.9 Å². The van der Waals surface area contributed by atoms with E-state index in [1.165, 1.54) is 12.8 Å². The van der Waals surface area contributed by atoms with Gasteiger partial charge in [0.1, 0.15) is 11.8 Å². The first kappa shape index (κ1) is 52.0. The van der Waals surface area contributed by atoms with Crippen LogP contribution in [0.15, 0.2) is 43.0 Å². The Kier molecular flexibility index (Phi) is 26.4. The van der Waals surface area contributed by atoms with Crippen LogP contribution in [-0.4, -0.2) is 47.9 Å². The topological polar surface area (TPSA) is 107 Å². The zero-order valence-electron chi connectivity index (χ0n) is 25.6. The van der Waals surface area contributed by atoms with E-state index in [1.807, 2.05) is 84.0 Å². The largest absolute Gasteiger partial charge is 0.473 e. The Morgan fingerprint density at radius 3 is 1.85 bits per heavy atom. The van der Waals surface area contributed by atoms with Gasteiger partial charge in [0.2, 0.25) is 15.9 Å². The Morgan fingerprint density at radius 2 is 1.42 bits per heavy atom. The minimum Gasteiger partial charge on any atom is -0.473 e. The summed E-state index contributed by atoms with van der Waals surface area (Å²) in [4.78, 5) is 22.6. The first-order valence-corrected chi connectivity index (χ1v) is 17.1. The molecule has 48 heavy (non-hydrogen) atoms. The van der Waals surface area contributed by atoms with E-state index in [0.29, 0.717) is 5.88 Å². The number of carbonyl (C=O) groups excluding carboxylic acids is 1. The van der Waals surface area contributed by atoms with E-state index < -0.39 is 10.0 Å². The van der Waals surface area contributed by atoms with Gasteiger partial charge in [-0.05, 0) is 90.5 Å². The molecule has 2 heterocycles. The van der Waals surface area contributed by atoms with Gasteiger partial charge < -0.3 is 9.47 Å². The molecule has 0 unspecified atom stereocenters. The van der Waals surface area contributed by atoms with Crippen LogP contribution in [0.2, 0.25) is 0 Å². The van der Waals surface area contributed by atoms with Crippen molar-refractivity contribution in [1.82, 2.24) is 14.7 Å². The number of carbonyl (C=O) groups is 1. The highest BCUT2D eigenvalue weighted by Crippen LogP contribution is 2.34. The average molecular weight is 712 g/mol. The molecule has 5 rings (SSSR count). The van der Waals surface area contributed by atoms with Crippen LogP contribution in [-0.2, 0) is 19.6 Å². The van der Waals surface area contributed by atoms with E-state index in [0.717, 1.165) is 52.2 Å². The van der Waals surface area contributed by atoms with E-state index in [2.05, 4.69) is 16.3 Å². The summed E-state index contributed by atoms with van der Waals surface area (Å²) in [7, 11) is -2.94. The van der Waals surface area contributed by atoms with Crippen LogP contribution >= 0.6 is 11.3 Å². The van der Waals surface area contributed by atoms with Gasteiger partial charge in [-0.2, -0.15) is 0 Å². The molecule has 278 valence electrons. The fourth-order valence-electron chi connectivity index (χ4n) is 4.15. The average Bonchev–Trinajstić information content (AvgIpc) is 3.48. The van der Waals surface area contributed by atoms with Crippen molar-refractivity contribution >= 4 is 44.4 Å². The number of esters is 1. The molecule has 0 saturated heterocycles. The number of rotatable bonds is 9. The highest BCUT2D eigenvalue weighted by atomic mass is 32.2. The van der Waals surface area contributed by atoms with E-state index in [4.69, 9.17) is 14.5 Å². The summed E-state index contributed by atoms with van der Waals surface area (Å²) in [6, 6.07) is 11.9. The summed E-state index contributed by atoms with van der Waals surface area (Å²) in [6.45, 7) is 15.2. The maximum atomic E-state index is 11.1. The summed E-state index contributed by atoms with van der Waals surface area (Å²) in [5, 5.41) is -0.0881. The van der Waals surface area contributed by atoms with Crippen LogP contribution in [0.4, 0.5) is 0 Å². The van der Waals surface area contributed by atoms with Gasteiger partial charge >= 0.3 is 5.97 Å². The molecule has 0 amide bonds. The van der Waals surface area contributed by atoms with E-state index in [-0.39, 0.29) is 79.9 Å². The third kappa shape index (κ3) is 16.5. The quantitative estimate of drug-likeness (QED) is 0.220. The van der Waals surface area contributed by atoms with Crippen molar-refractivity contribution < 1.29 is 22.7 Å². The molecule has 10 heteroatoms. The van der Waals surface area contributed by atoms with Gasteiger partial charge in [0.05, 0.1) is 33.2 Å². The fraction of sp³-hybridized carbons (Fsp3) is 0.605. The Morgan fingerprint density at radius 1 is 0.875 bits per heavy atom. The number of para-hydroxylation sites is 2. The summed E-state index contributed by atoms with van der Waals surface area (Å²) >= 11 is 1.64. The number of fused-ring (bicyclic) bond motifs is 1. The molecule has 1 N–H and O–H groups in total. The Balaban J connectivity index is -0.000000311. The predicted octanol–water partition coefficient (Wildman–Crippen LogP) is 11.2. The zero-order valence-corrected chi connectivity index (χ0v) is 27.3. The first-order chi connectivity index (χ1) is 19.9. The van der Waals surface area contributed by atoms with E-state index in [9.17, 15) is 13.2 Å². The lowest BCUT2D eigenvalue weighted by atomic mass is 10.2. The molecule has 0 atom stereocenters. The maximum Gasteiger partial charge on any atom is 0.308 e. The van der Waals surface area contributed by atoms with Gasteiger partial charge in [0, 0.05) is 10.9 Å². The van der Waals surface area contributed by atoms with Crippen molar-refractivity contribution in [2.24, 2.45) is 5.92 Å². The lowest BCUT2D eigenvalue weighted by Crippen LogP contribution is -2.32. The monoisotopic (exact) mass is 711 g/mol. The number of sulfonamides is 1. The molecule has 0 spiro atoms. The number of ether oxygens (including phenoxy) is 2. The highest BCUT2D eigenvalue weighted by molar-refractivity contribution is 7.90. The molecule has 2 fully saturated rings. The summed E-state index contributed by atoms with van der Waals surface area (Å²) in [5.41, 5.74) is 2.51. The lowest BCUT2D eigenvalue weighted by molar-refractivity contribution is -0.152. The normalized spacial score (nSPS) is 13.4. The van der Waals surface area contributed by atoms with Crippen LogP contribution in [0.25, 0.3) is 27.7 Å². The molecule has 0 radical (unpaired) electrons. The van der Waals surface area contributed by atoms with E-state index >= 15 is 0 Å². The SMILES string of the molecule is C.C.C.C.C.C.C=Cc1ccc(-c2nc3ccccc3nc2OC(C)C)s1.CC(C)C(=O)OC1CCCC1.CC(C)NS(=O)(=O)C1CC1. The van der Waals surface area contributed by atoms with Crippen molar-refractivity contribution in [1.29, 1.82) is 0 Å². The van der Waals surface area contributed by atoms with Gasteiger partial charge in [-0.25, -0.2) is 23.1 Å². The number of thiophene rings is 1. The number of benzene rings is 1. The van der Waals surface area contributed by atoms with Gasteiger partial charge in [-0.1, -0.05) is 83.2 Å². The Bertz CT molecular complexity index is 1430. The van der Waals surface area contributed by atoms with Gasteiger partial charge in [-0.15, -0.1) is 11.3 Å². The zero-order chi connectivity index (χ0) is 30.9. The van der Waals surface area contributed by atoms with Crippen LogP contribution in [0.5, 0.6) is 5.88 Å². The number of aromatic nitrogens is 2. The van der Waals surface area contributed by atoms with Gasteiger partial charge in [-0.3, -0.25) is 4.79 Å². The predicted molar refractivity (Wildman–Crippen MR) is 212 cm³/mol. The molecule has 2 saturated carbocycles. The molecule has 8 nitrogen and oxygen atoms in total. The molecule has 1 aromatic carbocycles. The van der Waals surface area contributed by atoms with E-state index in [1.54, 1.807) is 11.3 Å². The molecule has 0 bridgehead atoms. The Hall–Kier alpha value is -2.82. The third-order valence-corrected chi connectivity index (χ3v) is 9.60. The highest BCUT2D eigenvalue weighted by Gasteiger charge is 2.35. The minimum atomic E-state index is -2.94. The molecule has 2 aliphatic rings. The smallest absolute Gasteiger partial charge is 0.308 e. The summed E-state index contributed by atoms with van der Waals surface area (Å²) < 4.78 is 35.8. The summed E-state index contributed by atoms with van der Waals surface area (Å²) in [5.74, 6) is 0.564. The van der Waals surface area contributed by atoms with Crippen molar-refractivity contribution in [3.8, 4) is 16.5 Å². The third-order valence-electron chi connectivity index (χ3n) is 6.37. The number of hydrogen-bond acceptors (Lipinski definition) is 8. The lowest BCUT2D eigenvalue weighted by Gasteiger charge is -2.12. The molecular weight excluding hydrogens is 643 g/mol. The van der Waals surface area contributed by atoms with Crippen LogP contribution in [0, 0.1) is 5.92 Å². The fourth-order valence-corrected chi connectivity index (χ4v) is 6.59. The summed E-state index contributed by atoms with van der Waals surface area (Å²) in [6.07, 6.45) is 8.36. The molecule has 0 aliphatic heterocycles. The standard InChI is InChI=1S/C17H16N2OS.C9H16O2.C6H13NO2S.6CH4/c1-4-12-9-10-15(21-12)16-17(20-11(2)3)19-14-8-6-5-7-13(14)18-16;1-7(2)9(10)11-8-5-3-4-6-8;1-5(2)7-10(8,9)6-3-4-6;;;;;;/h4-11H,1H2,2-3H3;7-8H,3-6H2,1-2H3;5-7H,3-4H2,1-2H3;6*1H4. The molecule has 3 aromatic rings. The minimum absolute atomic E-state index is 0. The molecular formula is C38H69N3O5S2. The Labute approximate surface area is 299 Å². The van der Waals surface area contributed by atoms with Crippen LogP contribution < -0.4 is 9.46 Å². The van der Waals surface area contributed by atoms with Crippen molar-refractivity contribution in [2.75, 3.05) is 0 Å². The number of nitrogens with zero attached hydrogens (tertiary/aromatic N) is 2. The van der Waals surface area contributed by atoms with Crippen LogP contribution in [0.1, 0.15) is 130 Å². The number of nitrogens with one attached hydrogen (secondary N) is 1. The second-order valence-electron chi connectivity index (χ2n) is 11.5. The molecule has 2 aliphatic carbocycles. The van der Waals surface area contributed by atoms with Crippen molar-refractivity contribution in [2.45, 2.75) is 148 Å². The number of hydrogen-bond donors (Lipinski definition) is 1.